The molecule has 0 radical (unpaired) electrons. The third-order valence-electron chi connectivity index (χ3n) is 7.11. The van der Waals surface area contributed by atoms with Crippen LogP contribution in [0, 0.1) is 0 Å². The van der Waals surface area contributed by atoms with E-state index in [1.807, 2.05) is 0 Å². The zero-order valence-electron chi connectivity index (χ0n) is 23.9. The summed E-state index contributed by atoms with van der Waals surface area (Å²) in [5, 5.41) is 21.0. The molecule has 0 unspecified atom stereocenters. The number of amides is 2. The molecule has 3 aromatic rings. The highest BCUT2D eigenvalue weighted by Gasteiger charge is 2.44. The molecule has 7 nitrogen and oxygen atoms in total. The molecule has 0 spiro atoms. The molecule has 0 saturated heterocycles. The van der Waals surface area contributed by atoms with E-state index in [1.165, 1.54) is 23.1 Å². The molecule has 3 rings (SSSR count). The summed E-state index contributed by atoms with van der Waals surface area (Å²) in [6.45, 7) is 7.86. The molecular weight excluding hydrogens is 530 g/mol. The monoisotopic (exact) mass is 566 g/mol. The predicted octanol–water partition coefficient (Wildman–Crippen LogP) is 5.94. The molecule has 2 N–H and O–H groups in total. The normalized spacial score (nSPS) is 12.1. The molecule has 3 aromatic carbocycles. The van der Waals surface area contributed by atoms with Crippen molar-refractivity contribution in [3.8, 4) is 0 Å². The van der Waals surface area contributed by atoms with Crippen molar-refractivity contribution in [1.29, 1.82) is 0 Å². The molecule has 41 heavy (non-hydrogen) atoms. The van der Waals surface area contributed by atoms with Gasteiger partial charge in [0.15, 0.2) is 0 Å². The molecule has 0 bridgehead atoms. The number of nitrogens with zero attached hydrogens (tertiary/aromatic N) is 2. The third-order valence-corrected chi connectivity index (χ3v) is 7.11. The van der Waals surface area contributed by atoms with E-state index in [4.69, 9.17) is 0 Å². The van der Waals surface area contributed by atoms with Crippen LogP contribution in [0.3, 0.4) is 0 Å². The van der Waals surface area contributed by atoms with Gasteiger partial charge in [-0.2, -0.15) is 8.78 Å². The van der Waals surface area contributed by atoms with Crippen LogP contribution in [0.25, 0.3) is 0 Å². The minimum atomic E-state index is -4.05. The minimum absolute atomic E-state index is 0.164. The molecule has 0 fully saturated rings. The van der Waals surface area contributed by atoms with E-state index in [0.29, 0.717) is 16.2 Å². The lowest BCUT2D eigenvalue weighted by Crippen LogP contribution is -2.46. The smallest absolute Gasteiger partial charge is 0.331 e. The number of benzene rings is 3. The number of hydroxylamine groups is 2. The molecule has 0 aliphatic carbocycles. The van der Waals surface area contributed by atoms with Crippen molar-refractivity contribution in [2.75, 3.05) is 6.73 Å². The average Bonchev–Trinajstić information content (AvgIpc) is 2.95. The van der Waals surface area contributed by atoms with Gasteiger partial charge in [0.05, 0.1) is 11.1 Å². The zero-order chi connectivity index (χ0) is 30.6. The Balaban J connectivity index is 1.86. The summed E-state index contributed by atoms with van der Waals surface area (Å²) in [7, 11) is 0. The summed E-state index contributed by atoms with van der Waals surface area (Å²) in [4.78, 5) is 40.6. The quantitative estimate of drug-likeness (QED) is 0.180. The number of carbonyl (C=O) groups is 3. The largest absolute Gasteiger partial charge is 0.376 e. The number of aliphatic hydroxyl groups is 1. The van der Waals surface area contributed by atoms with Gasteiger partial charge in [0, 0.05) is 23.1 Å². The Labute approximate surface area is 239 Å². The Morgan fingerprint density at radius 1 is 0.756 bits per heavy atom. The van der Waals surface area contributed by atoms with Crippen LogP contribution in [-0.4, -0.2) is 50.1 Å². The first-order valence-electron chi connectivity index (χ1n) is 13.2. The molecule has 0 aliphatic heterocycles. The van der Waals surface area contributed by atoms with Gasteiger partial charge in [-0.15, -0.1) is 0 Å². The number of hydrogen-bond acceptors (Lipinski definition) is 5. The molecule has 0 aromatic heterocycles. The highest BCUT2D eigenvalue weighted by atomic mass is 19.3. The van der Waals surface area contributed by atoms with Gasteiger partial charge in [-0.3, -0.25) is 19.6 Å². The van der Waals surface area contributed by atoms with Crippen LogP contribution in [0.4, 0.5) is 8.78 Å². The van der Waals surface area contributed by atoms with Gasteiger partial charge < -0.3 is 10.0 Å². The average molecular weight is 567 g/mol. The van der Waals surface area contributed by atoms with Gasteiger partial charge in [0.25, 0.3) is 11.8 Å². The summed E-state index contributed by atoms with van der Waals surface area (Å²) in [6.07, 6.45) is -0.782. The Hall–Kier alpha value is -3.95. The number of aliphatic hydroxyl groups excluding tert-OH is 1. The van der Waals surface area contributed by atoms with Gasteiger partial charge in [0.2, 0.25) is 5.78 Å². The van der Waals surface area contributed by atoms with E-state index in [9.17, 15) is 24.7 Å². The standard InChI is InChI=1S/C32H36F2N2O5/c1-30(2,3)35(21-37)28(39)24-16-10-9-13-22(24)19-20-27(38)32(33,34)26-18-12-11-17-25(26)29(40)36(41)31(4,5)23-14-7-6-8-15-23/h6-18,37,41H,19-21H2,1-5H3. The van der Waals surface area contributed by atoms with Gasteiger partial charge in [-0.05, 0) is 64.3 Å². The van der Waals surface area contributed by atoms with E-state index in [0.717, 1.165) is 12.1 Å². The molecule has 9 heteroatoms. The van der Waals surface area contributed by atoms with Crippen LogP contribution >= 0.6 is 0 Å². The SMILES string of the molecule is CC(C)(C)N(CO)C(=O)c1ccccc1CCC(=O)C(F)(F)c1ccccc1C(=O)N(O)C(C)(C)c1ccccc1. The number of halogens is 2. The highest BCUT2D eigenvalue weighted by molar-refractivity contribution is 5.99. The number of rotatable bonds is 10. The molecule has 0 heterocycles. The molecule has 0 saturated carbocycles. The Bertz CT molecular complexity index is 1400. The van der Waals surface area contributed by atoms with E-state index < -0.39 is 58.9 Å². The Morgan fingerprint density at radius 3 is 1.88 bits per heavy atom. The van der Waals surface area contributed by atoms with Crippen LogP contribution in [0.5, 0.6) is 0 Å². The van der Waals surface area contributed by atoms with Gasteiger partial charge in [-0.25, -0.2) is 5.06 Å². The van der Waals surface area contributed by atoms with Crippen molar-refractivity contribution in [3.05, 3.63) is 107 Å². The van der Waals surface area contributed by atoms with Gasteiger partial charge >= 0.3 is 5.92 Å². The summed E-state index contributed by atoms with van der Waals surface area (Å²) in [6, 6.07) is 19.8. The number of ketones is 1. The summed E-state index contributed by atoms with van der Waals surface area (Å²) in [5.74, 6) is -7.06. The Morgan fingerprint density at radius 2 is 1.29 bits per heavy atom. The summed E-state index contributed by atoms with van der Waals surface area (Å²) >= 11 is 0. The molecule has 0 atom stereocenters. The third kappa shape index (κ3) is 6.69. The minimum Gasteiger partial charge on any atom is -0.376 e. The van der Waals surface area contributed by atoms with Crippen LogP contribution in [-0.2, 0) is 22.7 Å². The molecule has 218 valence electrons. The first-order chi connectivity index (χ1) is 19.1. The highest BCUT2D eigenvalue weighted by Crippen LogP contribution is 2.36. The number of aryl methyl sites for hydroxylation is 1. The number of carbonyl (C=O) groups excluding carboxylic acids is 3. The van der Waals surface area contributed by atoms with Crippen LogP contribution in [0.15, 0.2) is 78.9 Å². The second-order valence-corrected chi connectivity index (χ2v) is 11.3. The lowest BCUT2D eigenvalue weighted by Gasteiger charge is -2.34. The summed E-state index contributed by atoms with van der Waals surface area (Å²) in [5.41, 5.74) is -2.12. The Kier molecular flexibility index (Phi) is 9.46. The fourth-order valence-electron chi connectivity index (χ4n) is 4.51. The topological polar surface area (TPSA) is 98.2 Å². The lowest BCUT2D eigenvalue weighted by molar-refractivity contribution is -0.144. The van der Waals surface area contributed by atoms with E-state index in [-0.39, 0.29) is 12.0 Å². The van der Waals surface area contributed by atoms with Crippen molar-refractivity contribution < 1.29 is 33.5 Å². The van der Waals surface area contributed by atoms with Gasteiger partial charge in [0.1, 0.15) is 6.73 Å². The first-order valence-corrected chi connectivity index (χ1v) is 13.2. The van der Waals surface area contributed by atoms with E-state index in [1.54, 1.807) is 83.1 Å². The fraction of sp³-hybridized carbons (Fsp3) is 0.344. The lowest BCUT2D eigenvalue weighted by atomic mass is 9.91. The fourth-order valence-corrected chi connectivity index (χ4v) is 4.51. The molecule has 0 aliphatic rings. The maximum atomic E-state index is 15.6. The summed E-state index contributed by atoms with van der Waals surface area (Å²) < 4.78 is 31.3. The van der Waals surface area contributed by atoms with E-state index >= 15 is 8.78 Å². The molecular formula is C32H36F2N2O5. The second kappa shape index (κ2) is 12.3. The van der Waals surface area contributed by atoms with Crippen molar-refractivity contribution in [2.24, 2.45) is 0 Å². The second-order valence-electron chi connectivity index (χ2n) is 11.3. The number of Topliss-reactive ketones (excluding diaryl/α,β-unsaturated/α-hetero) is 1. The van der Waals surface area contributed by atoms with Crippen LogP contribution in [0.1, 0.15) is 78.4 Å². The van der Waals surface area contributed by atoms with Crippen molar-refractivity contribution in [1.82, 2.24) is 9.96 Å². The first kappa shape index (κ1) is 31.6. The predicted molar refractivity (Wildman–Crippen MR) is 151 cm³/mol. The van der Waals surface area contributed by atoms with Crippen molar-refractivity contribution in [3.63, 3.8) is 0 Å². The maximum absolute atomic E-state index is 15.6. The molecule has 2 amide bonds. The number of hydrogen-bond donors (Lipinski definition) is 2. The zero-order valence-corrected chi connectivity index (χ0v) is 23.9. The van der Waals surface area contributed by atoms with Crippen LogP contribution < -0.4 is 0 Å². The van der Waals surface area contributed by atoms with Gasteiger partial charge in [-0.1, -0.05) is 66.7 Å². The van der Waals surface area contributed by atoms with Crippen molar-refractivity contribution in [2.45, 2.75) is 64.5 Å². The van der Waals surface area contributed by atoms with E-state index in [2.05, 4.69) is 0 Å². The maximum Gasteiger partial charge on any atom is 0.331 e. The number of alkyl halides is 2. The van der Waals surface area contributed by atoms with Crippen molar-refractivity contribution >= 4 is 17.6 Å². The van der Waals surface area contributed by atoms with Crippen LogP contribution in [0.2, 0.25) is 0 Å².